The lowest BCUT2D eigenvalue weighted by atomic mass is 9.93. The molecule has 0 aromatic heterocycles. The fourth-order valence-corrected chi connectivity index (χ4v) is 1.79. The van der Waals surface area contributed by atoms with Gasteiger partial charge in [0, 0.05) is 11.6 Å². The molecule has 1 aromatic rings. The van der Waals surface area contributed by atoms with E-state index in [0.717, 1.165) is 5.56 Å². The number of ketones is 2. The van der Waals surface area contributed by atoms with E-state index in [1.165, 1.54) is 18.2 Å². The van der Waals surface area contributed by atoms with Crippen molar-refractivity contribution in [1.29, 1.82) is 0 Å². The van der Waals surface area contributed by atoms with Gasteiger partial charge in [-0.1, -0.05) is 30.3 Å². The first kappa shape index (κ1) is 11.5. The van der Waals surface area contributed by atoms with Gasteiger partial charge in [-0.05, 0) is 30.2 Å². The normalized spacial score (nSPS) is 16.9. The van der Waals surface area contributed by atoms with Crippen LogP contribution in [0, 0.1) is 0 Å². The van der Waals surface area contributed by atoms with E-state index in [0.29, 0.717) is 12.0 Å². The first-order chi connectivity index (χ1) is 8.16. The lowest BCUT2D eigenvalue weighted by molar-refractivity contribution is -0.114. The van der Waals surface area contributed by atoms with Crippen LogP contribution in [0.15, 0.2) is 54.1 Å². The SMILES string of the molecule is NC(Cc1ccccc1)C1=CC(=O)C=CC1=O. The summed E-state index contributed by atoms with van der Waals surface area (Å²) in [5.74, 6) is -0.351. The molecule has 1 atom stereocenters. The Kier molecular flexibility index (Phi) is 3.30. The van der Waals surface area contributed by atoms with Crippen molar-refractivity contribution in [3.05, 3.63) is 59.7 Å². The molecular weight excluding hydrogens is 214 g/mol. The highest BCUT2D eigenvalue weighted by Gasteiger charge is 2.19. The molecule has 1 unspecified atom stereocenters. The van der Waals surface area contributed by atoms with Crippen molar-refractivity contribution in [1.82, 2.24) is 0 Å². The lowest BCUT2D eigenvalue weighted by Gasteiger charge is -2.15. The Morgan fingerprint density at radius 1 is 1.06 bits per heavy atom. The summed E-state index contributed by atoms with van der Waals surface area (Å²) in [4.78, 5) is 22.8. The van der Waals surface area contributed by atoms with Crippen molar-refractivity contribution in [2.24, 2.45) is 5.73 Å². The molecule has 1 aliphatic rings. The van der Waals surface area contributed by atoms with Crippen LogP contribution >= 0.6 is 0 Å². The molecular formula is C14H13NO2. The molecule has 0 radical (unpaired) electrons. The van der Waals surface area contributed by atoms with Crippen LogP contribution in [0.2, 0.25) is 0 Å². The number of rotatable bonds is 3. The number of carbonyl (C=O) groups excluding carboxylic acids is 2. The van der Waals surface area contributed by atoms with Crippen molar-refractivity contribution in [3.63, 3.8) is 0 Å². The van der Waals surface area contributed by atoms with E-state index in [1.807, 2.05) is 30.3 Å². The van der Waals surface area contributed by atoms with Gasteiger partial charge in [-0.2, -0.15) is 0 Å². The summed E-state index contributed by atoms with van der Waals surface area (Å²) in [7, 11) is 0. The van der Waals surface area contributed by atoms with Crippen LogP contribution in [0.4, 0.5) is 0 Å². The topological polar surface area (TPSA) is 60.2 Å². The smallest absolute Gasteiger partial charge is 0.183 e. The van der Waals surface area contributed by atoms with Gasteiger partial charge in [0.2, 0.25) is 0 Å². The Morgan fingerprint density at radius 2 is 1.76 bits per heavy atom. The number of hydrogen-bond acceptors (Lipinski definition) is 3. The third kappa shape index (κ3) is 2.77. The molecule has 86 valence electrons. The van der Waals surface area contributed by atoms with E-state index in [9.17, 15) is 9.59 Å². The zero-order chi connectivity index (χ0) is 12.3. The van der Waals surface area contributed by atoms with E-state index in [4.69, 9.17) is 5.73 Å². The van der Waals surface area contributed by atoms with Crippen LogP contribution in [0.25, 0.3) is 0 Å². The molecule has 2 rings (SSSR count). The molecule has 17 heavy (non-hydrogen) atoms. The predicted molar refractivity (Wildman–Crippen MR) is 65.4 cm³/mol. The Bertz CT molecular complexity index is 500. The highest BCUT2D eigenvalue weighted by atomic mass is 16.1. The molecule has 0 saturated carbocycles. The minimum atomic E-state index is -0.432. The predicted octanol–water partition coefficient (Wildman–Crippen LogP) is 1.19. The molecule has 3 nitrogen and oxygen atoms in total. The molecule has 0 heterocycles. The summed E-state index contributed by atoms with van der Waals surface area (Å²) in [5.41, 5.74) is 7.40. The Hall–Kier alpha value is -2.00. The fraction of sp³-hybridized carbons (Fsp3) is 0.143. The molecule has 0 amide bonds. The van der Waals surface area contributed by atoms with Gasteiger partial charge in [0.25, 0.3) is 0 Å². The van der Waals surface area contributed by atoms with Gasteiger partial charge in [-0.25, -0.2) is 0 Å². The summed E-state index contributed by atoms with van der Waals surface area (Å²) >= 11 is 0. The molecule has 0 aliphatic heterocycles. The quantitative estimate of drug-likeness (QED) is 0.789. The first-order valence-electron chi connectivity index (χ1n) is 5.44. The average Bonchev–Trinajstić information content (AvgIpc) is 2.33. The van der Waals surface area contributed by atoms with Crippen LogP contribution in [0.1, 0.15) is 5.56 Å². The van der Waals surface area contributed by atoms with Gasteiger partial charge < -0.3 is 5.73 Å². The van der Waals surface area contributed by atoms with Crippen LogP contribution in [-0.4, -0.2) is 17.6 Å². The molecule has 1 aromatic carbocycles. The standard InChI is InChI=1S/C14H13NO2/c15-13(8-10-4-2-1-3-5-10)12-9-11(16)6-7-14(12)17/h1-7,9,13H,8,15H2. The Morgan fingerprint density at radius 3 is 2.47 bits per heavy atom. The molecule has 0 saturated heterocycles. The van der Waals surface area contributed by atoms with Gasteiger partial charge in [0.05, 0.1) is 0 Å². The number of nitrogens with two attached hydrogens (primary N) is 1. The highest BCUT2D eigenvalue weighted by Crippen LogP contribution is 2.13. The van der Waals surface area contributed by atoms with Crippen molar-refractivity contribution >= 4 is 11.6 Å². The number of benzene rings is 1. The first-order valence-corrected chi connectivity index (χ1v) is 5.44. The van der Waals surface area contributed by atoms with Crippen LogP contribution in [0.5, 0.6) is 0 Å². The maximum Gasteiger partial charge on any atom is 0.183 e. The summed E-state index contributed by atoms with van der Waals surface area (Å²) in [5, 5.41) is 0. The Labute approximate surface area is 99.6 Å². The van der Waals surface area contributed by atoms with Gasteiger partial charge in [-0.3, -0.25) is 9.59 Å². The van der Waals surface area contributed by atoms with E-state index in [2.05, 4.69) is 0 Å². The third-order valence-electron chi connectivity index (χ3n) is 2.68. The van der Waals surface area contributed by atoms with E-state index < -0.39 is 6.04 Å². The minimum Gasteiger partial charge on any atom is -0.324 e. The van der Waals surface area contributed by atoms with Gasteiger partial charge in [0.1, 0.15) is 0 Å². The average molecular weight is 227 g/mol. The summed E-state index contributed by atoms with van der Waals surface area (Å²) < 4.78 is 0. The van der Waals surface area contributed by atoms with E-state index in [1.54, 1.807) is 0 Å². The molecule has 0 spiro atoms. The van der Waals surface area contributed by atoms with Crippen LogP contribution in [-0.2, 0) is 16.0 Å². The monoisotopic (exact) mass is 227 g/mol. The number of carbonyl (C=O) groups is 2. The minimum absolute atomic E-state index is 0.173. The van der Waals surface area contributed by atoms with Gasteiger partial charge in [-0.15, -0.1) is 0 Å². The lowest BCUT2D eigenvalue weighted by Crippen LogP contribution is -2.30. The van der Waals surface area contributed by atoms with Crippen LogP contribution < -0.4 is 5.73 Å². The zero-order valence-electron chi connectivity index (χ0n) is 9.30. The third-order valence-corrected chi connectivity index (χ3v) is 2.68. The van der Waals surface area contributed by atoms with Crippen molar-refractivity contribution in [2.75, 3.05) is 0 Å². The van der Waals surface area contributed by atoms with Crippen molar-refractivity contribution in [3.8, 4) is 0 Å². The maximum absolute atomic E-state index is 11.6. The summed E-state index contributed by atoms with van der Waals surface area (Å²) in [6.07, 6.45) is 4.43. The van der Waals surface area contributed by atoms with E-state index in [-0.39, 0.29) is 11.6 Å². The zero-order valence-corrected chi connectivity index (χ0v) is 9.30. The van der Waals surface area contributed by atoms with E-state index >= 15 is 0 Å². The molecule has 1 aliphatic carbocycles. The Balaban J connectivity index is 2.13. The van der Waals surface area contributed by atoms with Gasteiger partial charge in [0.15, 0.2) is 11.6 Å². The highest BCUT2D eigenvalue weighted by molar-refractivity contribution is 6.17. The maximum atomic E-state index is 11.6. The largest absolute Gasteiger partial charge is 0.324 e. The fourth-order valence-electron chi connectivity index (χ4n) is 1.79. The summed E-state index contributed by atoms with van der Waals surface area (Å²) in [6, 6.07) is 9.23. The molecule has 0 fully saturated rings. The molecule has 2 N–H and O–H groups in total. The molecule has 0 bridgehead atoms. The van der Waals surface area contributed by atoms with Crippen molar-refractivity contribution < 1.29 is 9.59 Å². The second-order valence-corrected chi connectivity index (χ2v) is 4.00. The second kappa shape index (κ2) is 4.89. The summed E-state index contributed by atoms with van der Waals surface area (Å²) in [6.45, 7) is 0. The van der Waals surface area contributed by atoms with Crippen LogP contribution in [0.3, 0.4) is 0 Å². The number of allylic oxidation sites excluding steroid dienone is 3. The second-order valence-electron chi connectivity index (χ2n) is 4.00. The van der Waals surface area contributed by atoms with Crippen molar-refractivity contribution in [2.45, 2.75) is 12.5 Å². The van der Waals surface area contributed by atoms with Gasteiger partial charge >= 0.3 is 0 Å². The number of hydrogen-bond donors (Lipinski definition) is 1. The molecule has 3 heteroatoms.